The van der Waals surface area contributed by atoms with Crippen molar-refractivity contribution in [2.45, 2.75) is 0 Å². The van der Waals surface area contributed by atoms with Gasteiger partial charge in [0.25, 0.3) is 5.91 Å². The van der Waals surface area contributed by atoms with E-state index in [1.165, 1.54) is 4.52 Å². The highest BCUT2D eigenvalue weighted by Gasteiger charge is 2.14. The number of hydrogen-bond donors (Lipinski definition) is 3. The number of hydrogen-bond acceptors (Lipinski definition) is 4. The lowest BCUT2D eigenvalue weighted by Gasteiger charge is -2.10. The Morgan fingerprint density at radius 1 is 1.36 bits per heavy atom. The third kappa shape index (κ3) is 1.96. The van der Waals surface area contributed by atoms with Crippen LogP contribution in [0.5, 0.6) is 0 Å². The number of pyridine rings is 1. The molecule has 0 aromatic carbocycles. The molecule has 1 amide bonds. The number of nitrogens with zero attached hydrogens (tertiary/aromatic N) is 3. The molecule has 4 N–H and O–H groups in total. The van der Waals surface area contributed by atoms with Gasteiger partial charge in [-0.25, -0.2) is 4.98 Å². The van der Waals surface area contributed by atoms with Crippen LogP contribution in [0.1, 0.15) is 10.4 Å². The second-order valence-electron chi connectivity index (χ2n) is 4.89. The Morgan fingerprint density at radius 2 is 2.23 bits per heavy atom. The molecule has 7 heteroatoms. The maximum atomic E-state index is 12.2. The fourth-order valence-electron chi connectivity index (χ4n) is 2.20. The summed E-state index contributed by atoms with van der Waals surface area (Å²) in [4.78, 5) is 19.6. The van der Waals surface area contributed by atoms with E-state index < -0.39 is 0 Å². The van der Waals surface area contributed by atoms with Crippen molar-refractivity contribution in [2.24, 2.45) is 0 Å². The molecule has 0 fully saturated rings. The van der Waals surface area contributed by atoms with Crippen molar-refractivity contribution >= 4 is 17.4 Å². The molecule has 3 heterocycles. The number of nitrogens with two attached hydrogens (primary N) is 1. The van der Waals surface area contributed by atoms with Crippen LogP contribution in [0, 0.1) is 0 Å². The summed E-state index contributed by atoms with van der Waals surface area (Å²) in [5, 5.41) is 7.11. The van der Waals surface area contributed by atoms with Gasteiger partial charge in [0.1, 0.15) is 5.82 Å². The van der Waals surface area contributed by atoms with Crippen LogP contribution >= 0.6 is 0 Å². The Morgan fingerprint density at radius 3 is 2.91 bits per heavy atom. The topological polar surface area (TPSA) is 101 Å². The van der Waals surface area contributed by atoms with E-state index in [4.69, 9.17) is 5.73 Å². The lowest BCUT2D eigenvalue weighted by Crippen LogP contribution is -2.23. The van der Waals surface area contributed by atoms with Crippen molar-refractivity contribution in [1.29, 1.82) is 0 Å². The molecule has 1 aliphatic rings. The first-order valence-electron chi connectivity index (χ1n) is 6.70. The molecule has 0 saturated carbocycles. The second kappa shape index (κ2) is 4.59. The standard InChI is InChI=1S/C15H12N6O/c16-12-7-9(15(22)18-10-3-1-4-10)8-13-19-14(20-21(12)13)11-5-2-6-17-11/h1-8,17H,16H2,(H,18,22). The van der Waals surface area contributed by atoms with Crippen molar-refractivity contribution < 1.29 is 4.79 Å². The van der Waals surface area contributed by atoms with E-state index in [1.807, 2.05) is 30.4 Å². The van der Waals surface area contributed by atoms with Crippen LogP contribution in [0.3, 0.4) is 0 Å². The van der Waals surface area contributed by atoms with Gasteiger partial charge in [-0.1, -0.05) is 6.08 Å². The molecular weight excluding hydrogens is 280 g/mol. The highest BCUT2D eigenvalue weighted by Crippen LogP contribution is 2.18. The minimum Gasteiger partial charge on any atom is -0.384 e. The SMILES string of the molecule is Nc1cc(C(=O)NC2=CC=C2)cc2nc(-c3ccc[nH]3)nn12. The number of H-pyrrole nitrogens is 1. The van der Waals surface area contributed by atoms with Gasteiger partial charge in [-0.15, -0.1) is 5.10 Å². The van der Waals surface area contributed by atoms with Gasteiger partial charge < -0.3 is 16.0 Å². The smallest absolute Gasteiger partial charge is 0.255 e. The van der Waals surface area contributed by atoms with Gasteiger partial charge >= 0.3 is 0 Å². The van der Waals surface area contributed by atoms with Gasteiger partial charge in [0, 0.05) is 17.5 Å². The second-order valence-corrected chi connectivity index (χ2v) is 4.89. The lowest BCUT2D eigenvalue weighted by molar-refractivity contribution is 0.0967. The molecule has 4 rings (SSSR count). The Labute approximate surface area is 125 Å². The molecule has 3 aromatic rings. The number of carbonyl (C=O) groups is 1. The van der Waals surface area contributed by atoms with Gasteiger partial charge in [-0.3, -0.25) is 4.79 Å². The van der Waals surface area contributed by atoms with Crippen molar-refractivity contribution in [3.8, 4) is 11.5 Å². The van der Waals surface area contributed by atoms with Crippen LogP contribution in [-0.2, 0) is 0 Å². The summed E-state index contributed by atoms with van der Waals surface area (Å²) >= 11 is 0. The zero-order valence-electron chi connectivity index (χ0n) is 11.4. The van der Waals surface area contributed by atoms with E-state index in [0.717, 1.165) is 11.4 Å². The lowest BCUT2D eigenvalue weighted by atomic mass is 10.2. The Hall–Kier alpha value is -3.35. The molecule has 0 atom stereocenters. The molecular formula is C15H12N6O. The van der Waals surface area contributed by atoms with Crippen molar-refractivity contribution in [3.63, 3.8) is 0 Å². The summed E-state index contributed by atoms with van der Waals surface area (Å²) in [6, 6.07) is 6.98. The normalized spacial score (nSPS) is 13.0. The predicted molar refractivity (Wildman–Crippen MR) is 81.9 cm³/mol. The highest BCUT2D eigenvalue weighted by atomic mass is 16.1. The number of aromatic amines is 1. The monoisotopic (exact) mass is 292 g/mol. The van der Waals surface area contributed by atoms with Crippen molar-refractivity contribution in [2.75, 3.05) is 5.73 Å². The van der Waals surface area contributed by atoms with Crippen LogP contribution in [0.25, 0.3) is 17.2 Å². The average Bonchev–Trinajstić information content (AvgIpc) is 3.10. The van der Waals surface area contributed by atoms with Gasteiger partial charge in [-0.2, -0.15) is 4.52 Å². The summed E-state index contributed by atoms with van der Waals surface area (Å²) in [5.41, 5.74) is 8.51. The first kappa shape index (κ1) is 12.4. The zero-order valence-corrected chi connectivity index (χ0v) is 11.4. The zero-order chi connectivity index (χ0) is 15.1. The molecule has 0 bridgehead atoms. The first-order valence-corrected chi connectivity index (χ1v) is 6.70. The Balaban J connectivity index is 1.74. The minimum absolute atomic E-state index is 0.228. The highest BCUT2D eigenvalue weighted by molar-refractivity contribution is 5.97. The molecule has 7 nitrogen and oxygen atoms in total. The largest absolute Gasteiger partial charge is 0.384 e. The summed E-state index contributed by atoms with van der Waals surface area (Å²) in [6.07, 6.45) is 7.29. The Bertz CT molecular complexity index is 933. The molecule has 0 saturated heterocycles. The number of nitrogens with one attached hydrogen (secondary N) is 2. The molecule has 1 aliphatic carbocycles. The Kier molecular flexibility index (Phi) is 2.59. The summed E-state index contributed by atoms with van der Waals surface area (Å²) in [7, 11) is 0. The number of amides is 1. The number of rotatable bonds is 3. The summed E-state index contributed by atoms with van der Waals surface area (Å²) < 4.78 is 1.51. The number of carbonyl (C=O) groups excluding carboxylic acids is 1. The number of anilines is 1. The van der Waals surface area contributed by atoms with Crippen LogP contribution in [0.15, 0.2) is 54.4 Å². The van der Waals surface area contributed by atoms with Gasteiger partial charge in [0.15, 0.2) is 11.5 Å². The minimum atomic E-state index is -0.228. The van der Waals surface area contributed by atoms with Gasteiger partial charge in [-0.05, 0) is 36.4 Å². The quantitative estimate of drug-likeness (QED) is 0.680. The van der Waals surface area contributed by atoms with Gasteiger partial charge in [0.05, 0.1) is 5.69 Å². The molecule has 0 spiro atoms. The van der Waals surface area contributed by atoms with Crippen LogP contribution in [0.2, 0.25) is 0 Å². The first-order chi connectivity index (χ1) is 10.7. The van der Waals surface area contributed by atoms with Crippen molar-refractivity contribution in [1.82, 2.24) is 24.9 Å². The number of allylic oxidation sites excluding steroid dienone is 3. The maximum Gasteiger partial charge on any atom is 0.255 e. The van der Waals surface area contributed by atoms with Crippen LogP contribution in [0.4, 0.5) is 5.82 Å². The third-order valence-corrected chi connectivity index (χ3v) is 3.38. The van der Waals surface area contributed by atoms with E-state index in [-0.39, 0.29) is 5.91 Å². The fraction of sp³-hybridized carbons (Fsp3) is 0. The summed E-state index contributed by atoms with van der Waals surface area (Å²) in [6.45, 7) is 0. The van der Waals surface area contributed by atoms with Gasteiger partial charge in [0.2, 0.25) is 0 Å². The van der Waals surface area contributed by atoms with E-state index >= 15 is 0 Å². The van der Waals surface area contributed by atoms with E-state index in [9.17, 15) is 4.79 Å². The third-order valence-electron chi connectivity index (χ3n) is 3.38. The molecule has 108 valence electrons. The van der Waals surface area contributed by atoms with Crippen LogP contribution in [-0.4, -0.2) is 25.5 Å². The number of aromatic nitrogens is 4. The molecule has 0 radical (unpaired) electrons. The van der Waals surface area contributed by atoms with Crippen molar-refractivity contribution in [3.05, 3.63) is 60.0 Å². The van der Waals surface area contributed by atoms with E-state index in [1.54, 1.807) is 18.3 Å². The fourth-order valence-corrected chi connectivity index (χ4v) is 2.20. The molecule has 0 unspecified atom stereocenters. The predicted octanol–water partition coefficient (Wildman–Crippen LogP) is 1.49. The van der Waals surface area contributed by atoms with E-state index in [2.05, 4.69) is 20.4 Å². The number of nitrogen functional groups attached to an aromatic ring is 1. The molecule has 0 aliphatic heterocycles. The van der Waals surface area contributed by atoms with E-state index in [0.29, 0.717) is 22.9 Å². The van der Waals surface area contributed by atoms with Crippen LogP contribution < -0.4 is 11.1 Å². The number of fused-ring (bicyclic) bond motifs is 1. The maximum absolute atomic E-state index is 12.2. The molecule has 22 heavy (non-hydrogen) atoms. The summed E-state index contributed by atoms with van der Waals surface area (Å²) in [5.74, 6) is 0.652. The molecule has 3 aromatic heterocycles. The average molecular weight is 292 g/mol.